The van der Waals surface area contributed by atoms with Gasteiger partial charge >= 0.3 is 5.97 Å². The van der Waals surface area contributed by atoms with Gasteiger partial charge in [0.15, 0.2) is 0 Å². The molecule has 0 bridgehead atoms. The Balaban J connectivity index is 2.49. The van der Waals surface area contributed by atoms with Crippen LogP contribution in [-0.2, 0) is 9.53 Å². The molecule has 0 saturated carbocycles. The Labute approximate surface area is 115 Å². The van der Waals surface area contributed by atoms with Gasteiger partial charge < -0.3 is 14.8 Å². The fourth-order valence-electron chi connectivity index (χ4n) is 1.94. The average Bonchev–Trinajstić information content (AvgIpc) is 2.42. The number of methoxy groups -OCH3 is 2. The fourth-order valence-corrected chi connectivity index (χ4v) is 1.94. The highest BCUT2D eigenvalue weighted by molar-refractivity contribution is 5.69. The normalized spacial score (nSPS) is 12.0. The molecule has 0 aliphatic rings. The zero-order valence-corrected chi connectivity index (χ0v) is 12.2. The van der Waals surface area contributed by atoms with E-state index in [9.17, 15) is 4.79 Å². The van der Waals surface area contributed by atoms with E-state index >= 15 is 0 Å². The maximum atomic E-state index is 11.0. The number of carbonyl (C=O) groups is 1. The second-order valence-electron chi connectivity index (χ2n) is 4.60. The van der Waals surface area contributed by atoms with Crippen molar-refractivity contribution in [3.63, 3.8) is 0 Å². The molecule has 1 atom stereocenters. The largest absolute Gasteiger partial charge is 0.496 e. The lowest BCUT2D eigenvalue weighted by Crippen LogP contribution is -2.21. The molecule has 1 N–H and O–H groups in total. The SMILES string of the molecule is COC(=O)CCCNC(C)c1ccc(C)cc1OC. The first-order valence-electron chi connectivity index (χ1n) is 6.53. The van der Waals surface area contributed by atoms with Crippen molar-refractivity contribution in [1.82, 2.24) is 5.32 Å². The van der Waals surface area contributed by atoms with Crippen LogP contribution in [0, 0.1) is 6.92 Å². The number of ether oxygens (including phenoxy) is 2. The molecular formula is C15H23NO3. The molecule has 1 rings (SSSR count). The van der Waals surface area contributed by atoms with Crippen molar-refractivity contribution in [1.29, 1.82) is 0 Å². The first-order chi connectivity index (χ1) is 9.08. The average molecular weight is 265 g/mol. The summed E-state index contributed by atoms with van der Waals surface area (Å²) in [6, 6.07) is 6.37. The molecule has 0 saturated heterocycles. The van der Waals surface area contributed by atoms with Crippen LogP contribution in [0.1, 0.15) is 36.9 Å². The maximum absolute atomic E-state index is 11.0. The van der Waals surface area contributed by atoms with Gasteiger partial charge in [-0.25, -0.2) is 0 Å². The quantitative estimate of drug-likeness (QED) is 0.608. The third-order valence-corrected chi connectivity index (χ3v) is 3.09. The van der Waals surface area contributed by atoms with Crippen molar-refractivity contribution in [2.24, 2.45) is 0 Å². The standard InChI is InChI=1S/C15H23NO3/c1-11-7-8-13(14(10-11)18-3)12(2)16-9-5-6-15(17)19-4/h7-8,10,12,16H,5-6,9H2,1-4H3. The van der Waals surface area contributed by atoms with E-state index in [1.165, 1.54) is 12.7 Å². The van der Waals surface area contributed by atoms with E-state index in [1.54, 1.807) is 7.11 Å². The number of nitrogens with one attached hydrogen (secondary N) is 1. The van der Waals surface area contributed by atoms with Crippen molar-refractivity contribution < 1.29 is 14.3 Å². The molecular weight excluding hydrogens is 242 g/mol. The molecule has 0 radical (unpaired) electrons. The molecule has 4 heteroatoms. The number of esters is 1. The summed E-state index contributed by atoms with van der Waals surface area (Å²) < 4.78 is 10.00. The molecule has 0 fully saturated rings. The minimum Gasteiger partial charge on any atom is -0.496 e. The summed E-state index contributed by atoms with van der Waals surface area (Å²) in [6.45, 7) is 4.90. The Morgan fingerprint density at radius 2 is 2.11 bits per heavy atom. The molecule has 0 aliphatic heterocycles. The van der Waals surface area contributed by atoms with Gasteiger partial charge in [0.05, 0.1) is 14.2 Å². The number of carbonyl (C=O) groups excluding carboxylic acids is 1. The van der Waals surface area contributed by atoms with Crippen molar-refractivity contribution in [3.8, 4) is 5.75 Å². The Hall–Kier alpha value is -1.55. The highest BCUT2D eigenvalue weighted by Crippen LogP contribution is 2.25. The molecule has 0 aliphatic carbocycles. The van der Waals surface area contributed by atoms with Crippen LogP contribution < -0.4 is 10.1 Å². The van der Waals surface area contributed by atoms with Gasteiger partial charge in [0.1, 0.15) is 5.75 Å². The van der Waals surface area contributed by atoms with Crippen molar-refractivity contribution in [2.45, 2.75) is 32.7 Å². The lowest BCUT2D eigenvalue weighted by atomic mass is 10.0. The topological polar surface area (TPSA) is 47.6 Å². The first-order valence-corrected chi connectivity index (χ1v) is 6.53. The van der Waals surface area contributed by atoms with E-state index in [-0.39, 0.29) is 12.0 Å². The third kappa shape index (κ3) is 4.91. The zero-order valence-electron chi connectivity index (χ0n) is 12.2. The van der Waals surface area contributed by atoms with Crippen LogP contribution in [0.15, 0.2) is 18.2 Å². The van der Waals surface area contributed by atoms with E-state index in [0.29, 0.717) is 6.42 Å². The molecule has 106 valence electrons. The molecule has 0 amide bonds. The van der Waals surface area contributed by atoms with Gasteiger partial charge in [0.2, 0.25) is 0 Å². The maximum Gasteiger partial charge on any atom is 0.305 e. The van der Waals surface area contributed by atoms with Gasteiger partial charge in [-0.2, -0.15) is 0 Å². The molecule has 19 heavy (non-hydrogen) atoms. The minimum atomic E-state index is -0.164. The van der Waals surface area contributed by atoms with Crippen LogP contribution in [0.2, 0.25) is 0 Å². The Morgan fingerprint density at radius 1 is 1.37 bits per heavy atom. The van der Waals surface area contributed by atoms with Crippen LogP contribution >= 0.6 is 0 Å². The molecule has 0 heterocycles. The monoisotopic (exact) mass is 265 g/mol. The molecule has 1 unspecified atom stereocenters. The van der Waals surface area contributed by atoms with Crippen LogP contribution in [0.3, 0.4) is 0 Å². The van der Waals surface area contributed by atoms with E-state index in [4.69, 9.17) is 4.74 Å². The van der Waals surface area contributed by atoms with Gasteiger partial charge in [-0.1, -0.05) is 12.1 Å². The summed E-state index contributed by atoms with van der Waals surface area (Å²) in [7, 11) is 3.10. The third-order valence-electron chi connectivity index (χ3n) is 3.09. The number of hydrogen-bond acceptors (Lipinski definition) is 4. The molecule has 0 spiro atoms. The summed E-state index contributed by atoms with van der Waals surface area (Å²) >= 11 is 0. The van der Waals surface area contributed by atoms with Crippen molar-refractivity contribution >= 4 is 5.97 Å². The summed E-state index contributed by atoms with van der Waals surface area (Å²) in [6.07, 6.45) is 1.21. The lowest BCUT2D eigenvalue weighted by Gasteiger charge is -2.17. The van der Waals surface area contributed by atoms with E-state index in [1.807, 2.05) is 13.0 Å². The highest BCUT2D eigenvalue weighted by atomic mass is 16.5. The smallest absolute Gasteiger partial charge is 0.305 e. The Morgan fingerprint density at radius 3 is 2.74 bits per heavy atom. The highest BCUT2D eigenvalue weighted by Gasteiger charge is 2.11. The van der Waals surface area contributed by atoms with Crippen LogP contribution in [0.4, 0.5) is 0 Å². The number of benzene rings is 1. The molecule has 0 aromatic heterocycles. The molecule has 1 aromatic carbocycles. The van der Waals surface area contributed by atoms with Crippen LogP contribution in [-0.4, -0.2) is 26.7 Å². The zero-order chi connectivity index (χ0) is 14.3. The number of aryl methyl sites for hydroxylation is 1. The van der Waals surface area contributed by atoms with E-state index in [0.717, 1.165) is 24.3 Å². The lowest BCUT2D eigenvalue weighted by molar-refractivity contribution is -0.140. The molecule has 4 nitrogen and oxygen atoms in total. The van der Waals surface area contributed by atoms with Gasteiger partial charge in [0.25, 0.3) is 0 Å². The van der Waals surface area contributed by atoms with Crippen LogP contribution in [0.5, 0.6) is 5.75 Å². The predicted molar refractivity (Wildman–Crippen MR) is 75.4 cm³/mol. The summed E-state index contributed by atoms with van der Waals surface area (Å²) in [4.78, 5) is 11.0. The summed E-state index contributed by atoms with van der Waals surface area (Å²) in [5, 5.41) is 3.38. The second-order valence-corrected chi connectivity index (χ2v) is 4.60. The van der Waals surface area contributed by atoms with Crippen molar-refractivity contribution in [2.75, 3.05) is 20.8 Å². The van der Waals surface area contributed by atoms with Crippen LogP contribution in [0.25, 0.3) is 0 Å². The fraction of sp³-hybridized carbons (Fsp3) is 0.533. The van der Waals surface area contributed by atoms with Gasteiger partial charge in [-0.3, -0.25) is 4.79 Å². The second kappa shape index (κ2) is 7.79. The first kappa shape index (κ1) is 15.5. The van der Waals surface area contributed by atoms with Gasteiger partial charge in [-0.15, -0.1) is 0 Å². The molecule has 1 aromatic rings. The number of hydrogen-bond donors (Lipinski definition) is 1. The van der Waals surface area contributed by atoms with Gasteiger partial charge in [0, 0.05) is 18.0 Å². The number of rotatable bonds is 7. The summed E-state index contributed by atoms with van der Waals surface area (Å²) in [5.41, 5.74) is 2.31. The van der Waals surface area contributed by atoms with E-state index in [2.05, 4.69) is 29.1 Å². The minimum absolute atomic E-state index is 0.164. The Bertz CT molecular complexity index is 418. The Kier molecular flexibility index (Phi) is 6.36. The van der Waals surface area contributed by atoms with Gasteiger partial charge in [-0.05, 0) is 38.4 Å². The van der Waals surface area contributed by atoms with Crippen molar-refractivity contribution in [3.05, 3.63) is 29.3 Å². The summed E-state index contributed by atoms with van der Waals surface area (Å²) in [5.74, 6) is 0.732. The van der Waals surface area contributed by atoms with E-state index < -0.39 is 0 Å². The predicted octanol–water partition coefficient (Wildman–Crippen LogP) is 2.61.